The van der Waals surface area contributed by atoms with Crippen LogP contribution in [0.1, 0.15) is 36.7 Å². The number of H-pyrrole nitrogens is 1. The summed E-state index contributed by atoms with van der Waals surface area (Å²) in [5.74, 6) is -1.22. The summed E-state index contributed by atoms with van der Waals surface area (Å²) in [6, 6.07) is 10.8. The van der Waals surface area contributed by atoms with Crippen LogP contribution in [-0.2, 0) is 5.41 Å². The topological polar surface area (TPSA) is 70.2 Å². The second-order valence-electron chi connectivity index (χ2n) is 5.75. The van der Waals surface area contributed by atoms with Crippen molar-refractivity contribution in [1.29, 1.82) is 0 Å². The molecule has 1 heterocycles. The van der Waals surface area contributed by atoms with E-state index in [4.69, 9.17) is 5.11 Å². The van der Waals surface area contributed by atoms with Gasteiger partial charge < -0.3 is 10.1 Å². The van der Waals surface area contributed by atoms with Crippen molar-refractivity contribution >= 4 is 5.97 Å². The quantitative estimate of drug-likeness (QED) is 0.882. The second-order valence-corrected chi connectivity index (χ2v) is 5.75. The third-order valence-electron chi connectivity index (χ3n) is 3.20. The average Bonchev–Trinajstić information content (AvgIpc) is 2.37. The van der Waals surface area contributed by atoms with Crippen LogP contribution in [0.15, 0.2) is 41.2 Å². The maximum atomic E-state index is 11.6. The Morgan fingerprint density at radius 2 is 1.65 bits per heavy atom. The number of hydrogen-bond acceptors (Lipinski definition) is 2. The highest BCUT2D eigenvalue weighted by molar-refractivity contribution is 5.87. The average molecular weight is 271 g/mol. The third kappa shape index (κ3) is 2.79. The lowest BCUT2D eigenvalue weighted by atomic mass is 9.86. The number of nitrogens with one attached hydrogen (secondary N) is 1. The number of carboxylic acids is 1. The van der Waals surface area contributed by atoms with Gasteiger partial charge >= 0.3 is 5.97 Å². The monoisotopic (exact) mass is 271 g/mol. The Hall–Kier alpha value is -2.36. The van der Waals surface area contributed by atoms with Gasteiger partial charge in [-0.05, 0) is 28.7 Å². The van der Waals surface area contributed by atoms with Crippen molar-refractivity contribution in [3.63, 3.8) is 0 Å². The lowest BCUT2D eigenvalue weighted by Gasteiger charge is -2.19. The molecule has 0 bridgehead atoms. The molecule has 0 unspecified atom stereocenters. The molecule has 4 nitrogen and oxygen atoms in total. The summed E-state index contributed by atoms with van der Waals surface area (Å²) in [5, 5.41) is 8.83. The molecule has 0 aliphatic rings. The van der Waals surface area contributed by atoms with Gasteiger partial charge in [-0.25, -0.2) is 4.79 Å². The first-order chi connectivity index (χ1) is 9.29. The van der Waals surface area contributed by atoms with Crippen molar-refractivity contribution in [2.75, 3.05) is 0 Å². The van der Waals surface area contributed by atoms with Crippen molar-refractivity contribution in [3.05, 3.63) is 57.9 Å². The molecule has 1 aromatic carbocycles. The SMILES string of the molecule is CC(C)(C)c1ccc(-c2ccc(C(=O)O)c(=O)[nH]2)cc1. The molecule has 0 atom stereocenters. The van der Waals surface area contributed by atoms with Crippen LogP contribution in [0.5, 0.6) is 0 Å². The van der Waals surface area contributed by atoms with Crippen molar-refractivity contribution in [3.8, 4) is 11.3 Å². The molecule has 0 radical (unpaired) electrons. The summed E-state index contributed by atoms with van der Waals surface area (Å²) in [4.78, 5) is 25.0. The molecule has 0 saturated carbocycles. The summed E-state index contributed by atoms with van der Waals surface area (Å²) in [7, 11) is 0. The Kier molecular flexibility index (Phi) is 3.49. The van der Waals surface area contributed by atoms with E-state index < -0.39 is 11.5 Å². The van der Waals surface area contributed by atoms with E-state index in [2.05, 4.69) is 25.8 Å². The zero-order chi connectivity index (χ0) is 14.9. The molecule has 2 rings (SSSR count). The molecular formula is C16H17NO3. The van der Waals surface area contributed by atoms with Crippen molar-refractivity contribution < 1.29 is 9.90 Å². The van der Waals surface area contributed by atoms with E-state index in [0.29, 0.717) is 5.69 Å². The summed E-state index contributed by atoms with van der Waals surface area (Å²) < 4.78 is 0. The van der Waals surface area contributed by atoms with Gasteiger partial charge in [-0.15, -0.1) is 0 Å². The first kappa shape index (κ1) is 14.1. The molecular weight excluding hydrogens is 254 g/mol. The zero-order valence-corrected chi connectivity index (χ0v) is 11.7. The Morgan fingerprint density at radius 1 is 1.05 bits per heavy atom. The van der Waals surface area contributed by atoms with E-state index in [1.165, 1.54) is 11.6 Å². The van der Waals surface area contributed by atoms with Gasteiger partial charge in [-0.3, -0.25) is 4.79 Å². The molecule has 0 saturated heterocycles. The van der Waals surface area contributed by atoms with Crippen LogP contribution in [-0.4, -0.2) is 16.1 Å². The van der Waals surface area contributed by atoms with Gasteiger partial charge in [0.25, 0.3) is 5.56 Å². The van der Waals surface area contributed by atoms with Crippen LogP contribution < -0.4 is 5.56 Å². The standard InChI is InChI=1S/C16H17NO3/c1-16(2,3)11-6-4-10(5-7-11)13-9-8-12(15(19)20)14(18)17-13/h4-9H,1-3H3,(H,17,18)(H,19,20). The number of pyridine rings is 1. The molecule has 2 aromatic rings. The number of hydrogen-bond donors (Lipinski definition) is 2. The number of aromatic nitrogens is 1. The third-order valence-corrected chi connectivity index (χ3v) is 3.20. The summed E-state index contributed by atoms with van der Waals surface area (Å²) in [5.41, 5.74) is 1.90. The molecule has 20 heavy (non-hydrogen) atoms. The molecule has 2 N–H and O–H groups in total. The first-order valence-corrected chi connectivity index (χ1v) is 6.36. The Labute approximate surface area is 117 Å². The van der Waals surface area contributed by atoms with Gasteiger partial charge in [0.05, 0.1) is 0 Å². The summed E-state index contributed by atoms with van der Waals surface area (Å²) in [6.07, 6.45) is 0. The molecule has 0 spiro atoms. The molecule has 0 fully saturated rings. The van der Waals surface area contributed by atoms with E-state index in [0.717, 1.165) is 5.56 Å². The minimum Gasteiger partial charge on any atom is -0.477 e. The van der Waals surface area contributed by atoms with Crippen molar-refractivity contribution in [2.24, 2.45) is 0 Å². The van der Waals surface area contributed by atoms with Crippen LogP contribution in [0.2, 0.25) is 0 Å². The van der Waals surface area contributed by atoms with Crippen LogP contribution in [0, 0.1) is 0 Å². The Balaban J connectivity index is 2.40. The van der Waals surface area contributed by atoms with Crippen LogP contribution in [0.3, 0.4) is 0 Å². The number of aromatic carboxylic acids is 1. The molecule has 1 aromatic heterocycles. The Bertz CT molecular complexity index is 691. The highest BCUT2D eigenvalue weighted by atomic mass is 16.4. The Morgan fingerprint density at radius 3 is 2.10 bits per heavy atom. The van der Waals surface area contributed by atoms with Crippen molar-refractivity contribution in [2.45, 2.75) is 26.2 Å². The van der Waals surface area contributed by atoms with E-state index in [1.807, 2.05) is 24.3 Å². The number of carbonyl (C=O) groups is 1. The first-order valence-electron chi connectivity index (χ1n) is 6.36. The summed E-state index contributed by atoms with van der Waals surface area (Å²) in [6.45, 7) is 6.39. The van der Waals surface area contributed by atoms with Gasteiger partial charge in [0.15, 0.2) is 0 Å². The minimum absolute atomic E-state index is 0.0686. The number of aromatic amines is 1. The molecule has 4 heteroatoms. The predicted octanol–water partition coefficient (Wildman–Crippen LogP) is 3.04. The van der Waals surface area contributed by atoms with Gasteiger partial charge in [0.1, 0.15) is 5.56 Å². The van der Waals surface area contributed by atoms with Crippen LogP contribution in [0.4, 0.5) is 0 Å². The fourth-order valence-corrected chi connectivity index (χ4v) is 1.96. The summed E-state index contributed by atoms with van der Waals surface area (Å²) >= 11 is 0. The fourth-order valence-electron chi connectivity index (χ4n) is 1.96. The van der Waals surface area contributed by atoms with Crippen LogP contribution >= 0.6 is 0 Å². The minimum atomic E-state index is -1.22. The zero-order valence-electron chi connectivity index (χ0n) is 11.7. The number of benzene rings is 1. The molecule has 0 aliphatic heterocycles. The predicted molar refractivity (Wildman–Crippen MR) is 78.2 cm³/mol. The normalized spacial score (nSPS) is 11.3. The number of carboxylic acid groups (broad SMARTS) is 1. The van der Waals surface area contributed by atoms with E-state index in [-0.39, 0.29) is 11.0 Å². The van der Waals surface area contributed by atoms with E-state index in [9.17, 15) is 9.59 Å². The molecule has 0 aliphatic carbocycles. The van der Waals surface area contributed by atoms with Gasteiger partial charge in [0, 0.05) is 5.69 Å². The second kappa shape index (κ2) is 4.96. The van der Waals surface area contributed by atoms with Crippen molar-refractivity contribution in [1.82, 2.24) is 4.98 Å². The maximum absolute atomic E-state index is 11.6. The highest BCUT2D eigenvalue weighted by Gasteiger charge is 2.14. The number of rotatable bonds is 2. The van der Waals surface area contributed by atoms with Gasteiger partial charge in [0.2, 0.25) is 0 Å². The largest absolute Gasteiger partial charge is 0.477 e. The van der Waals surface area contributed by atoms with E-state index in [1.54, 1.807) is 6.07 Å². The lowest BCUT2D eigenvalue weighted by molar-refractivity contribution is 0.0695. The fraction of sp³-hybridized carbons (Fsp3) is 0.250. The van der Waals surface area contributed by atoms with Crippen LogP contribution in [0.25, 0.3) is 11.3 Å². The maximum Gasteiger partial charge on any atom is 0.341 e. The molecule has 104 valence electrons. The smallest absolute Gasteiger partial charge is 0.341 e. The highest BCUT2D eigenvalue weighted by Crippen LogP contribution is 2.24. The van der Waals surface area contributed by atoms with E-state index >= 15 is 0 Å². The van der Waals surface area contributed by atoms with Gasteiger partial charge in [-0.2, -0.15) is 0 Å². The molecule has 0 amide bonds. The lowest BCUT2D eigenvalue weighted by Crippen LogP contribution is -2.17. The van der Waals surface area contributed by atoms with Gasteiger partial charge in [-0.1, -0.05) is 45.0 Å².